The number of rotatable bonds is 6. The molecule has 17 heavy (non-hydrogen) atoms. The van der Waals surface area contributed by atoms with Crippen LogP contribution >= 0.6 is 0 Å². The molecule has 0 radical (unpaired) electrons. The van der Waals surface area contributed by atoms with E-state index in [1.165, 1.54) is 0 Å². The maximum Gasteiger partial charge on any atom is 0.238 e. The fourth-order valence-electron chi connectivity index (χ4n) is 2.28. The van der Waals surface area contributed by atoms with Crippen molar-refractivity contribution in [1.29, 1.82) is 0 Å². The lowest BCUT2D eigenvalue weighted by Gasteiger charge is -2.35. The highest BCUT2D eigenvalue weighted by molar-refractivity contribution is 5.84. The third kappa shape index (κ3) is 5.04. The molecule has 1 aliphatic carbocycles. The van der Waals surface area contributed by atoms with Gasteiger partial charge in [0.25, 0.3) is 0 Å². The normalized spacial score (nSPS) is 20.4. The first-order valence-electron chi connectivity index (χ1n) is 6.38. The molecule has 100 valence electrons. The topological polar surface area (TPSA) is 58.4 Å². The number of amides is 1. The molecule has 4 nitrogen and oxygen atoms in total. The molecule has 1 fully saturated rings. The van der Waals surface area contributed by atoms with Gasteiger partial charge in [-0.15, -0.1) is 0 Å². The number of nitrogens with one attached hydrogen (secondary N) is 1. The highest BCUT2D eigenvalue weighted by atomic mass is 16.1. The third-order valence-corrected chi connectivity index (χ3v) is 2.97. The van der Waals surface area contributed by atoms with Crippen LogP contribution in [0, 0.1) is 5.41 Å². The standard InChI is InChI=1S/C13H27N3O/c1-12(2,3)8-16(5)9-13(4,11(14)17)15-10-6-7-10/h10,15H,6-9H2,1-5H3,(H2,14,17). The lowest BCUT2D eigenvalue weighted by Crippen LogP contribution is -2.60. The van der Waals surface area contributed by atoms with Gasteiger partial charge in [-0.25, -0.2) is 0 Å². The Morgan fingerprint density at radius 1 is 1.29 bits per heavy atom. The summed E-state index contributed by atoms with van der Waals surface area (Å²) >= 11 is 0. The van der Waals surface area contributed by atoms with Gasteiger partial charge in [-0.2, -0.15) is 0 Å². The van der Waals surface area contributed by atoms with Crippen molar-refractivity contribution in [3.05, 3.63) is 0 Å². The summed E-state index contributed by atoms with van der Waals surface area (Å²) in [4.78, 5) is 13.8. The van der Waals surface area contributed by atoms with Crippen molar-refractivity contribution < 1.29 is 4.79 Å². The summed E-state index contributed by atoms with van der Waals surface area (Å²) in [6, 6.07) is 0.482. The molecule has 0 aromatic carbocycles. The number of likely N-dealkylation sites (N-methyl/N-ethyl adjacent to an activating group) is 1. The number of carbonyl (C=O) groups excluding carboxylic acids is 1. The van der Waals surface area contributed by atoms with Gasteiger partial charge in [-0.3, -0.25) is 10.1 Å². The predicted octanol–water partition coefficient (Wildman–Crippen LogP) is 0.960. The van der Waals surface area contributed by atoms with E-state index in [1.807, 2.05) is 14.0 Å². The van der Waals surface area contributed by atoms with Crippen LogP contribution in [0.1, 0.15) is 40.5 Å². The van der Waals surface area contributed by atoms with E-state index in [0.29, 0.717) is 12.6 Å². The SMILES string of the molecule is CN(CC(C)(C)C)CC(C)(NC1CC1)C(N)=O. The summed E-state index contributed by atoms with van der Waals surface area (Å²) in [5, 5.41) is 3.37. The zero-order valence-electron chi connectivity index (χ0n) is 11.8. The van der Waals surface area contributed by atoms with E-state index in [2.05, 4.69) is 31.0 Å². The van der Waals surface area contributed by atoms with Crippen molar-refractivity contribution in [2.24, 2.45) is 11.1 Å². The van der Waals surface area contributed by atoms with Gasteiger partial charge in [0.2, 0.25) is 5.91 Å². The van der Waals surface area contributed by atoms with Gasteiger partial charge in [-0.1, -0.05) is 20.8 Å². The molecule has 0 aromatic heterocycles. The molecule has 0 spiro atoms. The van der Waals surface area contributed by atoms with Crippen LogP contribution in [0.2, 0.25) is 0 Å². The number of carbonyl (C=O) groups is 1. The molecule has 1 unspecified atom stereocenters. The molecule has 1 amide bonds. The molecule has 0 aromatic rings. The largest absolute Gasteiger partial charge is 0.368 e. The number of hydrogen-bond donors (Lipinski definition) is 2. The van der Waals surface area contributed by atoms with Crippen molar-refractivity contribution in [3.8, 4) is 0 Å². The van der Waals surface area contributed by atoms with Gasteiger partial charge in [0.1, 0.15) is 5.54 Å². The van der Waals surface area contributed by atoms with Gasteiger partial charge in [0.15, 0.2) is 0 Å². The Balaban J connectivity index is 2.56. The van der Waals surface area contributed by atoms with Gasteiger partial charge in [-0.05, 0) is 32.2 Å². The summed E-state index contributed by atoms with van der Waals surface area (Å²) < 4.78 is 0. The van der Waals surface area contributed by atoms with E-state index < -0.39 is 5.54 Å². The van der Waals surface area contributed by atoms with Gasteiger partial charge in [0, 0.05) is 19.1 Å². The summed E-state index contributed by atoms with van der Waals surface area (Å²) in [7, 11) is 2.04. The Bertz CT molecular complexity index is 281. The van der Waals surface area contributed by atoms with Crippen LogP contribution in [0.15, 0.2) is 0 Å². The van der Waals surface area contributed by atoms with E-state index in [9.17, 15) is 4.79 Å². The average molecular weight is 241 g/mol. The highest BCUT2D eigenvalue weighted by Crippen LogP contribution is 2.23. The van der Waals surface area contributed by atoms with Crippen molar-refractivity contribution in [2.45, 2.75) is 52.1 Å². The zero-order valence-corrected chi connectivity index (χ0v) is 11.8. The van der Waals surface area contributed by atoms with Crippen LogP contribution in [0.25, 0.3) is 0 Å². The summed E-state index contributed by atoms with van der Waals surface area (Å²) in [6.07, 6.45) is 2.32. The monoisotopic (exact) mass is 241 g/mol. The minimum atomic E-state index is -0.610. The van der Waals surface area contributed by atoms with Crippen LogP contribution in [0.4, 0.5) is 0 Å². The van der Waals surface area contributed by atoms with Crippen molar-refractivity contribution in [1.82, 2.24) is 10.2 Å². The molecule has 1 rings (SSSR count). The van der Waals surface area contributed by atoms with Gasteiger partial charge in [0.05, 0.1) is 0 Å². The first-order chi connectivity index (χ1) is 7.62. The predicted molar refractivity (Wildman–Crippen MR) is 70.7 cm³/mol. The molecule has 0 aliphatic heterocycles. The molecule has 0 heterocycles. The molecule has 1 saturated carbocycles. The van der Waals surface area contributed by atoms with E-state index in [1.54, 1.807) is 0 Å². The molecule has 0 bridgehead atoms. The first kappa shape index (κ1) is 14.5. The molecule has 3 N–H and O–H groups in total. The van der Waals surface area contributed by atoms with E-state index in [0.717, 1.165) is 19.4 Å². The van der Waals surface area contributed by atoms with Gasteiger partial charge < -0.3 is 10.6 Å². The van der Waals surface area contributed by atoms with Gasteiger partial charge >= 0.3 is 0 Å². The maximum atomic E-state index is 11.6. The Morgan fingerprint density at radius 2 is 1.82 bits per heavy atom. The molecule has 1 aliphatic rings. The van der Waals surface area contributed by atoms with Crippen LogP contribution in [-0.2, 0) is 4.79 Å². The smallest absolute Gasteiger partial charge is 0.238 e. The van der Waals surface area contributed by atoms with E-state index in [-0.39, 0.29) is 11.3 Å². The fraction of sp³-hybridized carbons (Fsp3) is 0.923. The number of nitrogens with zero attached hydrogens (tertiary/aromatic N) is 1. The van der Waals surface area contributed by atoms with Crippen LogP contribution in [-0.4, -0.2) is 42.5 Å². The summed E-state index contributed by atoms with van der Waals surface area (Å²) in [5.74, 6) is -0.259. The van der Waals surface area contributed by atoms with Crippen molar-refractivity contribution in [3.63, 3.8) is 0 Å². The third-order valence-electron chi connectivity index (χ3n) is 2.97. The molecule has 4 heteroatoms. The van der Waals surface area contributed by atoms with Crippen molar-refractivity contribution in [2.75, 3.05) is 20.1 Å². The van der Waals surface area contributed by atoms with E-state index in [4.69, 9.17) is 5.73 Å². The number of hydrogen-bond acceptors (Lipinski definition) is 3. The van der Waals surface area contributed by atoms with Crippen LogP contribution in [0.3, 0.4) is 0 Å². The second kappa shape index (κ2) is 4.94. The Labute approximate surface area is 105 Å². The molecule has 1 atom stereocenters. The zero-order chi connectivity index (χ0) is 13.3. The Morgan fingerprint density at radius 3 is 2.18 bits per heavy atom. The summed E-state index contributed by atoms with van der Waals surface area (Å²) in [6.45, 7) is 10.1. The lowest BCUT2D eigenvalue weighted by atomic mass is 9.94. The Hall–Kier alpha value is -0.610. The minimum absolute atomic E-state index is 0.229. The first-order valence-corrected chi connectivity index (χ1v) is 6.38. The molecular formula is C13H27N3O. The maximum absolute atomic E-state index is 11.6. The fourth-order valence-corrected chi connectivity index (χ4v) is 2.28. The second-order valence-electron chi connectivity index (χ2n) is 6.85. The van der Waals surface area contributed by atoms with Crippen LogP contribution < -0.4 is 11.1 Å². The van der Waals surface area contributed by atoms with Crippen LogP contribution in [0.5, 0.6) is 0 Å². The Kier molecular flexibility index (Phi) is 4.20. The summed E-state index contributed by atoms with van der Waals surface area (Å²) in [5.41, 5.74) is 5.15. The lowest BCUT2D eigenvalue weighted by molar-refractivity contribution is -0.124. The highest BCUT2D eigenvalue weighted by Gasteiger charge is 2.38. The molecule has 0 saturated heterocycles. The average Bonchev–Trinajstić information content (AvgIpc) is 2.83. The van der Waals surface area contributed by atoms with E-state index >= 15 is 0 Å². The number of nitrogens with two attached hydrogens (primary N) is 1. The molecular weight excluding hydrogens is 214 g/mol. The quantitative estimate of drug-likeness (QED) is 0.728. The number of primary amides is 1. The minimum Gasteiger partial charge on any atom is -0.368 e. The second-order valence-corrected chi connectivity index (χ2v) is 6.85. The van der Waals surface area contributed by atoms with Crippen molar-refractivity contribution >= 4 is 5.91 Å².